The van der Waals surface area contributed by atoms with Gasteiger partial charge in [-0.15, -0.1) is 0 Å². The quantitative estimate of drug-likeness (QED) is 0.774. The monoisotopic (exact) mass is 368 g/mol. The number of likely N-dealkylation sites (tertiary alicyclic amines) is 1. The van der Waals surface area contributed by atoms with Gasteiger partial charge in [-0.3, -0.25) is 9.59 Å². The Morgan fingerprint density at radius 2 is 1.76 bits per heavy atom. The van der Waals surface area contributed by atoms with Gasteiger partial charge in [-0.2, -0.15) is 0 Å². The molecule has 138 valence electrons. The Bertz CT molecular complexity index is 716. The molecule has 1 N–H and O–H groups in total. The zero-order valence-electron chi connectivity index (χ0n) is 14.5. The summed E-state index contributed by atoms with van der Waals surface area (Å²) in [6, 6.07) is 9.16. The van der Waals surface area contributed by atoms with E-state index < -0.39 is 33.6 Å². The highest BCUT2D eigenvalue weighted by Crippen LogP contribution is 2.33. The van der Waals surface area contributed by atoms with Crippen molar-refractivity contribution in [2.45, 2.75) is 19.8 Å². The Hall–Kier alpha value is -1.93. The fourth-order valence-electron chi connectivity index (χ4n) is 3.25. The molecule has 0 spiro atoms. The first-order valence-corrected chi connectivity index (χ1v) is 9.94. The Morgan fingerprint density at radius 3 is 2.28 bits per heavy atom. The van der Waals surface area contributed by atoms with Crippen LogP contribution in [0.3, 0.4) is 0 Å². The largest absolute Gasteiger partial charge is 0.481 e. The summed E-state index contributed by atoms with van der Waals surface area (Å²) in [6.45, 7) is 4.28. The smallest absolute Gasteiger partial charge is 0.308 e. The highest BCUT2D eigenvalue weighted by Gasteiger charge is 2.41. The summed E-state index contributed by atoms with van der Waals surface area (Å²) in [5.74, 6) is -3.21. The Labute approximate surface area is 148 Å². The number of sulfonamides is 1. The number of carboxylic acids is 1. The van der Waals surface area contributed by atoms with Crippen LogP contribution >= 0.6 is 0 Å². The minimum Gasteiger partial charge on any atom is -0.481 e. The number of carbonyl (C=O) groups excluding carboxylic acids is 1. The Morgan fingerprint density at radius 1 is 1.16 bits per heavy atom. The van der Waals surface area contributed by atoms with Crippen molar-refractivity contribution in [2.24, 2.45) is 5.92 Å². The maximum Gasteiger partial charge on any atom is 0.308 e. The van der Waals surface area contributed by atoms with E-state index in [4.69, 9.17) is 0 Å². The fourth-order valence-corrected chi connectivity index (χ4v) is 4.72. The zero-order chi connectivity index (χ0) is 18.6. The van der Waals surface area contributed by atoms with E-state index in [0.717, 1.165) is 5.56 Å². The first kappa shape index (κ1) is 19.4. The van der Waals surface area contributed by atoms with Gasteiger partial charge >= 0.3 is 5.97 Å². The molecule has 1 aliphatic rings. The number of rotatable bonds is 7. The minimum absolute atomic E-state index is 0.0293. The van der Waals surface area contributed by atoms with E-state index in [1.54, 1.807) is 13.8 Å². The van der Waals surface area contributed by atoms with E-state index in [2.05, 4.69) is 0 Å². The lowest BCUT2D eigenvalue weighted by atomic mass is 9.89. The molecule has 1 saturated heterocycles. The number of carbonyl (C=O) groups is 2. The minimum atomic E-state index is -3.68. The third-order valence-corrected chi connectivity index (χ3v) is 6.54. The fraction of sp³-hybridized carbons (Fsp3) is 0.529. The molecule has 1 aliphatic heterocycles. The van der Waals surface area contributed by atoms with Gasteiger partial charge in [0.05, 0.1) is 5.92 Å². The molecule has 0 aliphatic carbocycles. The van der Waals surface area contributed by atoms with Crippen molar-refractivity contribution in [3.8, 4) is 0 Å². The molecule has 1 aromatic rings. The second kappa shape index (κ2) is 7.97. The number of aliphatic carboxylic acids is 1. The van der Waals surface area contributed by atoms with E-state index >= 15 is 0 Å². The van der Waals surface area contributed by atoms with Crippen LogP contribution in [0, 0.1) is 5.92 Å². The molecule has 1 fully saturated rings. The number of hydrogen-bond donors (Lipinski definition) is 1. The lowest BCUT2D eigenvalue weighted by Crippen LogP contribution is -2.41. The normalized spacial score (nSPS) is 20.8. The average molecular weight is 368 g/mol. The zero-order valence-corrected chi connectivity index (χ0v) is 15.3. The summed E-state index contributed by atoms with van der Waals surface area (Å²) >= 11 is 0. The standard InChI is InChI=1S/C17H24N2O5S/c1-3-19(4-2)25(23,24)12-16(20)18-10-14(15(11-18)17(21)22)13-8-6-5-7-9-13/h5-9,14-15H,3-4,10-12H2,1-2H3,(H,21,22)/t14-,15-/m0/s1. The first-order valence-electron chi connectivity index (χ1n) is 8.33. The highest BCUT2D eigenvalue weighted by atomic mass is 32.2. The molecular weight excluding hydrogens is 344 g/mol. The molecule has 25 heavy (non-hydrogen) atoms. The molecule has 0 bridgehead atoms. The molecule has 2 rings (SSSR count). The van der Waals surface area contributed by atoms with E-state index in [0.29, 0.717) is 13.1 Å². The summed E-state index contributed by atoms with van der Waals surface area (Å²) in [4.78, 5) is 25.4. The topological polar surface area (TPSA) is 95.0 Å². The van der Waals surface area contributed by atoms with Crippen LogP contribution in [0.1, 0.15) is 25.3 Å². The van der Waals surface area contributed by atoms with Crippen LogP contribution in [0.4, 0.5) is 0 Å². The highest BCUT2D eigenvalue weighted by molar-refractivity contribution is 7.89. The van der Waals surface area contributed by atoms with Crippen LogP contribution in [0.15, 0.2) is 30.3 Å². The number of benzene rings is 1. The van der Waals surface area contributed by atoms with Crippen molar-refractivity contribution in [3.63, 3.8) is 0 Å². The van der Waals surface area contributed by atoms with Crippen LogP contribution < -0.4 is 0 Å². The Kier molecular flexibility index (Phi) is 6.18. The van der Waals surface area contributed by atoms with Gasteiger partial charge in [-0.25, -0.2) is 12.7 Å². The third kappa shape index (κ3) is 4.38. The van der Waals surface area contributed by atoms with Gasteiger partial charge in [0.2, 0.25) is 15.9 Å². The summed E-state index contributed by atoms with van der Waals surface area (Å²) in [5.41, 5.74) is 0.844. The maximum absolute atomic E-state index is 12.5. The predicted octanol–water partition coefficient (Wildman–Crippen LogP) is 0.985. The van der Waals surface area contributed by atoms with Crippen LogP contribution in [0.5, 0.6) is 0 Å². The second-order valence-corrected chi connectivity index (χ2v) is 8.07. The average Bonchev–Trinajstić information content (AvgIpc) is 3.02. The number of carboxylic acid groups (broad SMARTS) is 1. The van der Waals surface area contributed by atoms with E-state index in [9.17, 15) is 23.1 Å². The molecular formula is C17H24N2O5S. The van der Waals surface area contributed by atoms with Crippen LogP contribution in [-0.4, -0.2) is 66.5 Å². The van der Waals surface area contributed by atoms with Crippen LogP contribution in [0.25, 0.3) is 0 Å². The first-order chi connectivity index (χ1) is 11.8. The lowest BCUT2D eigenvalue weighted by molar-refractivity contribution is -0.141. The molecule has 2 atom stereocenters. The van der Waals surface area contributed by atoms with E-state index in [1.165, 1.54) is 9.21 Å². The van der Waals surface area contributed by atoms with Gasteiger partial charge < -0.3 is 10.0 Å². The van der Waals surface area contributed by atoms with Crippen molar-refractivity contribution < 1.29 is 23.1 Å². The van der Waals surface area contributed by atoms with Crippen LogP contribution in [0.2, 0.25) is 0 Å². The SMILES string of the molecule is CCN(CC)S(=O)(=O)CC(=O)N1C[C@H](C(=O)O)[C@H](c2ccccc2)C1. The number of amides is 1. The van der Waals surface area contributed by atoms with Crippen molar-refractivity contribution in [1.82, 2.24) is 9.21 Å². The van der Waals surface area contributed by atoms with Gasteiger partial charge in [0.15, 0.2) is 0 Å². The molecule has 8 heteroatoms. The molecule has 0 radical (unpaired) electrons. The molecule has 0 unspecified atom stereocenters. The predicted molar refractivity (Wildman–Crippen MR) is 93.6 cm³/mol. The van der Waals surface area contributed by atoms with Gasteiger partial charge in [0.25, 0.3) is 0 Å². The number of nitrogens with zero attached hydrogens (tertiary/aromatic N) is 2. The molecule has 0 saturated carbocycles. The third-order valence-electron chi connectivity index (χ3n) is 4.62. The van der Waals surface area contributed by atoms with Gasteiger partial charge in [0.1, 0.15) is 5.75 Å². The number of hydrogen-bond acceptors (Lipinski definition) is 4. The molecule has 1 heterocycles. The molecule has 0 aromatic heterocycles. The van der Waals surface area contributed by atoms with Gasteiger partial charge in [0, 0.05) is 32.1 Å². The van der Waals surface area contributed by atoms with Crippen LogP contribution in [-0.2, 0) is 19.6 Å². The van der Waals surface area contributed by atoms with E-state index in [-0.39, 0.29) is 19.0 Å². The van der Waals surface area contributed by atoms with Crippen molar-refractivity contribution in [1.29, 1.82) is 0 Å². The maximum atomic E-state index is 12.5. The summed E-state index contributed by atoms with van der Waals surface area (Å²) in [5, 5.41) is 9.48. The Balaban J connectivity index is 2.15. The van der Waals surface area contributed by atoms with Crippen molar-refractivity contribution >= 4 is 21.9 Å². The van der Waals surface area contributed by atoms with Crippen molar-refractivity contribution in [3.05, 3.63) is 35.9 Å². The van der Waals surface area contributed by atoms with E-state index in [1.807, 2.05) is 30.3 Å². The van der Waals surface area contributed by atoms with Gasteiger partial charge in [-0.1, -0.05) is 44.2 Å². The van der Waals surface area contributed by atoms with Gasteiger partial charge in [-0.05, 0) is 5.56 Å². The summed E-state index contributed by atoms with van der Waals surface area (Å²) in [6.07, 6.45) is 0. The van der Waals surface area contributed by atoms with Crippen molar-refractivity contribution in [2.75, 3.05) is 31.9 Å². The lowest BCUT2D eigenvalue weighted by Gasteiger charge is -2.21. The second-order valence-electron chi connectivity index (χ2n) is 6.10. The molecule has 1 amide bonds. The summed E-state index contributed by atoms with van der Waals surface area (Å²) < 4.78 is 25.8. The molecule has 1 aromatic carbocycles. The summed E-state index contributed by atoms with van der Waals surface area (Å²) in [7, 11) is -3.68. The molecule has 7 nitrogen and oxygen atoms in total.